The molecule has 0 aromatic heterocycles. The molecule has 0 saturated heterocycles. The predicted molar refractivity (Wildman–Crippen MR) is 106 cm³/mol. The van der Waals surface area contributed by atoms with Crippen LogP contribution in [-0.2, 0) is 6.54 Å². The summed E-state index contributed by atoms with van der Waals surface area (Å²) < 4.78 is 0. The zero-order chi connectivity index (χ0) is 18.1. The molecule has 0 radical (unpaired) electrons. The van der Waals surface area contributed by atoms with Crippen LogP contribution in [0.4, 0.5) is 0 Å². The van der Waals surface area contributed by atoms with Crippen molar-refractivity contribution in [3.05, 3.63) is 59.7 Å². The number of nitrogens with two attached hydrogens (primary N) is 1. The number of unbranched alkanes of at least 4 members (excludes halogenated alkanes) is 1. The topological polar surface area (TPSA) is 65.7 Å². The molecule has 0 amide bonds. The molecule has 0 bridgehead atoms. The predicted octanol–water partition coefficient (Wildman–Crippen LogP) is 2.93. The Hall–Kier alpha value is -2.37. The van der Waals surface area contributed by atoms with Crippen LogP contribution >= 0.6 is 0 Å². The van der Waals surface area contributed by atoms with E-state index in [-0.39, 0.29) is 0 Å². The Morgan fingerprint density at radius 1 is 1.12 bits per heavy atom. The highest BCUT2D eigenvalue weighted by Gasteiger charge is 2.10. The maximum absolute atomic E-state index is 5.54. The third-order valence-corrected chi connectivity index (χ3v) is 4.17. The highest BCUT2D eigenvalue weighted by atomic mass is 15.4. The van der Waals surface area contributed by atoms with Gasteiger partial charge in [0, 0.05) is 19.2 Å². The Bertz CT molecular complexity index is 679. The second-order valence-corrected chi connectivity index (χ2v) is 6.19. The third-order valence-electron chi connectivity index (χ3n) is 4.17. The van der Waals surface area contributed by atoms with E-state index in [1.54, 1.807) is 7.05 Å². The first kappa shape index (κ1) is 19.0. The maximum atomic E-state index is 5.54. The number of amidine groups is 1. The zero-order valence-electron chi connectivity index (χ0n) is 15.4. The Kier molecular flexibility index (Phi) is 7.44. The van der Waals surface area contributed by atoms with Crippen molar-refractivity contribution in [3.63, 3.8) is 0 Å². The molecule has 0 unspecified atom stereocenters. The average Bonchev–Trinajstić information content (AvgIpc) is 2.65. The van der Waals surface area contributed by atoms with Crippen LogP contribution in [0, 0.1) is 0 Å². The third kappa shape index (κ3) is 5.31. The van der Waals surface area contributed by atoms with Crippen LogP contribution in [0.3, 0.4) is 0 Å². The van der Waals surface area contributed by atoms with Crippen LogP contribution < -0.4 is 16.7 Å². The second kappa shape index (κ2) is 9.81. The van der Waals surface area contributed by atoms with Crippen LogP contribution in [0.15, 0.2) is 53.6 Å². The molecule has 4 N–H and O–H groups in total. The number of nitrogens with one attached hydrogen (secondary N) is 2. The second-order valence-electron chi connectivity index (χ2n) is 6.19. The smallest absolute Gasteiger partial charge is 0.167 e. The van der Waals surface area contributed by atoms with Crippen molar-refractivity contribution in [2.24, 2.45) is 10.9 Å². The number of rotatable bonds is 8. The molecular formula is C20H29N5. The highest BCUT2D eigenvalue weighted by Crippen LogP contribution is 2.24. The van der Waals surface area contributed by atoms with Crippen molar-refractivity contribution in [3.8, 4) is 11.1 Å². The Morgan fingerprint density at radius 3 is 2.48 bits per heavy atom. The van der Waals surface area contributed by atoms with E-state index in [1.165, 1.54) is 18.4 Å². The van der Waals surface area contributed by atoms with Crippen molar-refractivity contribution >= 4 is 5.84 Å². The molecule has 0 aliphatic rings. The molecule has 0 aliphatic heterocycles. The van der Waals surface area contributed by atoms with E-state index in [0.29, 0.717) is 5.84 Å². The van der Waals surface area contributed by atoms with Crippen molar-refractivity contribution < 1.29 is 0 Å². The first-order chi connectivity index (χ1) is 12.2. The van der Waals surface area contributed by atoms with Crippen molar-refractivity contribution in [2.75, 3.05) is 20.6 Å². The number of hydrogen-bond donors (Lipinski definition) is 3. The fourth-order valence-corrected chi connectivity index (χ4v) is 2.84. The first-order valence-electron chi connectivity index (χ1n) is 8.77. The van der Waals surface area contributed by atoms with E-state index in [4.69, 9.17) is 5.84 Å². The molecule has 0 heterocycles. The van der Waals surface area contributed by atoms with Crippen LogP contribution in [0.1, 0.15) is 30.9 Å². The quantitative estimate of drug-likeness (QED) is 0.299. The lowest BCUT2D eigenvalue weighted by Gasteiger charge is -2.17. The van der Waals surface area contributed by atoms with Gasteiger partial charge in [0.2, 0.25) is 0 Å². The van der Waals surface area contributed by atoms with E-state index >= 15 is 0 Å². The minimum Gasteiger partial charge on any atom is -0.321 e. The van der Waals surface area contributed by atoms with Gasteiger partial charge in [-0.3, -0.25) is 0 Å². The molecule has 0 aliphatic carbocycles. The Balaban J connectivity index is 2.20. The van der Waals surface area contributed by atoms with Crippen molar-refractivity contribution in [2.45, 2.75) is 26.3 Å². The van der Waals surface area contributed by atoms with Gasteiger partial charge in [0.15, 0.2) is 5.84 Å². The monoisotopic (exact) mass is 339 g/mol. The van der Waals surface area contributed by atoms with Gasteiger partial charge in [-0.2, -0.15) is 5.10 Å². The Labute approximate surface area is 150 Å². The van der Waals surface area contributed by atoms with E-state index in [0.717, 1.165) is 29.8 Å². The maximum Gasteiger partial charge on any atom is 0.167 e. The van der Waals surface area contributed by atoms with Gasteiger partial charge in [0.1, 0.15) is 0 Å². The molecule has 0 fully saturated rings. The summed E-state index contributed by atoms with van der Waals surface area (Å²) in [6.45, 7) is 4.33. The molecular weight excluding hydrogens is 310 g/mol. The molecule has 25 heavy (non-hydrogen) atoms. The molecule has 0 spiro atoms. The summed E-state index contributed by atoms with van der Waals surface area (Å²) in [5, 5.41) is 3.86. The van der Waals surface area contributed by atoms with E-state index < -0.39 is 0 Å². The first-order valence-corrected chi connectivity index (χ1v) is 8.77. The minimum absolute atomic E-state index is 0.612. The molecule has 0 atom stereocenters. The normalized spacial score (nSPS) is 11.8. The van der Waals surface area contributed by atoms with Crippen LogP contribution in [0.2, 0.25) is 0 Å². The van der Waals surface area contributed by atoms with Crippen LogP contribution in [-0.4, -0.2) is 31.4 Å². The van der Waals surface area contributed by atoms with Gasteiger partial charge >= 0.3 is 0 Å². The van der Waals surface area contributed by atoms with Crippen molar-refractivity contribution in [1.82, 2.24) is 15.8 Å². The Morgan fingerprint density at radius 2 is 1.84 bits per heavy atom. The zero-order valence-corrected chi connectivity index (χ0v) is 15.4. The summed E-state index contributed by atoms with van der Waals surface area (Å²) in [5.41, 5.74) is 10.4. The lowest BCUT2D eigenvalue weighted by Crippen LogP contribution is -2.36. The molecule has 5 nitrogen and oxygen atoms in total. The number of hydrazone groups is 1. The van der Waals surface area contributed by atoms with Gasteiger partial charge in [-0.05, 0) is 36.7 Å². The fourth-order valence-electron chi connectivity index (χ4n) is 2.84. The van der Waals surface area contributed by atoms with E-state index in [1.807, 2.05) is 18.2 Å². The fraction of sp³-hybridized carbons (Fsp3) is 0.350. The van der Waals surface area contributed by atoms with Crippen LogP contribution in [0.5, 0.6) is 0 Å². The number of nitrogens with zero attached hydrogens (tertiary/aromatic N) is 2. The summed E-state index contributed by atoms with van der Waals surface area (Å²) >= 11 is 0. The standard InChI is InChI=1S/C20H29N5/c1-4-5-14-25(3)15-16-10-12-17(13-11-16)18-8-6-7-9-19(18)20(23-21)24-22-2/h6-13,22H,4-5,14-15,21H2,1-3H3,(H,23,24). The minimum atomic E-state index is 0.612. The average molecular weight is 339 g/mol. The summed E-state index contributed by atoms with van der Waals surface area (Å²) in [6, 6.07) is 16.8. The van der Waals surface area contributed by atoms with Gasteiger partial charge in [0.25, 0.3) is 0 Å². The summed E-state index contributed by atoms with van der Waals surface area (Å²) in [4.78, 5) is 2.36. The molecule has 134 valence electrons. The van der Waals surface area contributed by atoms with Gasteiger partial charge < -0.3 is 16.2 Å². The molecule has 2 aromatic carbocycles. The van der Waals surface area contributed by atoms with Gasteiger partial charge in [-0.15, -0.1) is 0 Å². The number of hydrogen-bond acceptors (Lipinski definition) is 4. The summed E-state index contributed by atoms with van der Waals surface area (Å²) in [7, 11) is 3.96. The van der Waals surface area contributed by atoms with E-state index in [2.05, 4.69) is 65.2 Å². The SMILES string of the molecule is CCCCN(C)Cc1ccc(-c2ccccc2/C(=N/N)NNC)cc1. The molecule has 2 aromatic rings. The lowest BCUT2D eigenvalue weighted by molar-refractivity contribution is 0.321. The molecule has 5 heteroatoms. The van der Waals surface area contributed by atoms with Gasteiger partial charge in [-0.1, -0.05) is 61.9 Å². The van der Waals surface area contributed by atoms with Crippen LogP contribution in [0.25, 0.3) is 11.1 Å². The highest BCUT2D eigenvalue weighted by molar-refractivity contribution is 6.04. The molecule has 0 saturated carbocycles. The van der Waals surface area contributed by atoms with Crippen molar-refractivity contribution in [1.29, 1.82) is 0 Å². The summed E-state index contributed by atoms with van der Waals surface area (Å²) in [5.74, 6) is 6.15. The van der Waals surface area contributed by atoms with Gasteiger partial charge in [-0.25, -0.2) is 5.43 Å². The molecule has 2 rings (SSSR count). The number of benzene rings is 2. The summed E-state index contributed by atoms with van der Waals surface area (Å²) in [6.07, 6.45) is 2.47. The van der Waals surface area contributed by atoms with Gasteiger partial charge in [0.05, 0.1) is 0 Å². The number of hydrazine groups is 1. The van der Waals surface area contributed by atoms with E-state index in [9.17, 15) is 0 Å². The largest absolute Gasteiger partial charge is 0.321 e. The lowest BCUT2D eigenvalue weighted by atomic mass is 9.98.